The van der Waals surface area contributed by atoms with E-state index < -0.39 is 11.4 Å². The molecule has 3 aromatic rings. The van der Waals surface area contributed by atoms with Crippen molar-refractivity contribution in [2.45, 2.75) is 6.54 Å². The van der Waals surface area contributed by atoms with E-state index >= 15 is 0 Å². The first kappa shape index (κ1) is 20.5. The van der Waals surface area contributed by atoms with Crippen LogP contribution in [0.5, 0.6) is 5.75 Å². The molecule has 160 valence electrons. The Morgan fingerprint density at radius 2 is 1.90 bits per heavy atom. The summed E-state index contributed by atoms with van der Waals surface area (Å²) in [6, 6.07) is 12.9. The lowest BCUT2D eigenvalue weighted by Crippen LogP contribution is -2.50. The SMILES string of the molecule is COc1ccc(-c2ccc(=O)n(CC(=O)N3CCN(c4ccccn4)CC3)n2)c(F)c1. The van der Waals surface area contributed by atoms with Crippen LogP contribution in [-0.2, 0) is 11.3 Å². The van der Waals surface area contributed by atoms with Gasteiger partial charge in [-0.3, -0.25) is 9.59 Å². The summed E-state index contributed by atoms with van der Waals surface area (Å²) in [6.07, 6.45) is 1.74. The molecule has 4 rings (SSSR count). The van der Waals surface area contributed by atoms with Gasteiger partial charge in [-0.15, -0.1) is 0 Å². The van der Waals surface area contributed by atoms with E-state index in [1.807, 2.05) is 18.2 Å². The monoisotopic (exact) mass is 423 g/mol. The van der Waals surface area contributed by atoms with Crippen molar-refractivity contribution in [2.24, 2.45) is 0 Å². The molecule has 8 nitrogen and oxygen atoms in total. The van der Waals surface area contributed by atoms with Gasteiger partial charge in [0.2, 0.25) is 5.91 Å². The maximum atomic E-state index is 14.4. The van der Waals surface area contributed by atoms with Crippen molar-refractivity contribution < 1.29 is 13.9 Å². The number of hydrogen-bond donors (Lipinski definition) is 0. The van der Waals surface area contributed by atoms with Gasteiger partial charge in [-0.2, -0.15) is 5.10 Å². The van der Waals surface area contributed by atoms with Gasteiger partial charge < -0.3 is 14.5 Å². The Morgan fingerprint density at radius 3 is 2.58 bits per heavy atom. The van der Waals surface area contributed by atoms with Crippen molar-refractivity contribution in [3.8, 4) is 17.0 Å². The summed E-state index contributed by atoms with van der Waals surface area (Å²) in [7, 11) is 1.45. The Bertz CT molecular complexity index is 1130. The van der Waals surface area contributed by atoms with Crippen molar-refractivity contribution in [3.05, 3.63) is 70.9 Å². The van der Waals surface area contributed by atoms with Gasteiger partial charge in [0.25, 0.3) is 5.56 Å². The third-order valence-corrected chi connectivity index (χ3v) is 5.21. The average Bonchev–Trinajstić information content (AvgIpc) is 2.81. The Kier molecular flexibility index (Phi) is 5.92. The van der Waals surface area contributed by atoms with Gasteiger partial charge in [0, 0.05) is 50.1 Å². The van der Waals surface area contributed by atoms with E-state index in [-0.39, 0.29) is 23.7 Å². The molecule has 0 aliphatic carbocycles. The molecule has 1 aliphatic rings. The zero-order chi connectivity index (χ0) is 21.8. The molecule has 2 aromatic heterocycles. The predicted octanol–water partition coefficient (Wildman–Crippen LogP) is 1.80. The number of aromatic nitrogens is 3. The van der Waals surface area contributed by atoms with Crippen LogP contribution in [0.25, 0.3) is 11.3 Å². The fourth-order valence-electron chi connectivity index (χ4n) is 3.49. The molecule has 0 spiro atoms. The zero-order valence-electron chi connectivity index (χ0n) is 17.1. The van der Waals surface area contributed by atoms with Crippen molar-refractivity contribution in [1.29, 1.82) is 0 Å². The average molecular weight is 423 g/mol. The number of methoxy groups -OCH3 is 1. The van der Waals surface area contributed by atoms with Crippen LogP contribution in [0.2, 0.25) is 0 Å². The molecule has 0 saturated carbocycles. The summed E-state index contributed by atoms with van der Waals surface area (Å²) in [4.78, 5) is 33.2. The van der Waals surface area contributed by atoms with Crippen LogP contribution in [-0.4, -0.2) is 58.9 Å². The maximum Gasteiger partial charge on any atom is 0.267 e. The van der Waals surface area contributed by atoms with Gasteiger partial charge in [-0.25, -0.2) is 14.1 Å². The van der Waals surface area contributed by atoms with E-state index in [1.165, 1.54) is 31.4 Å². The smallest absolute Gasteiger partial charge is 0.267 e. The van der Waals surface area contributed by atoms with Crippen LogP contribution in [0.15, 0.2) is 59.5 Å². The lowest BCUT2D eigenvalue weighted by molar-refractivity contribution is -0.132. The van der Waals surface area contributed by atoms with Gasteiger partial charge >= 0.3 is 0 Å². The first-order valence-corrected chi connectivity index (χ1v) is 9.91. The summed E-state index contributed by atoms with van der Waals surface area (Å²) in [6.45, 7) is 2.16. The predicted molar refractivity (Wildman–Crippen MR) is 113 cm³/mol. The quantitative estimate of drug-likeness (QED) is 0.623. The van der Waals surface area contributed by atoms with Crippen molar-refractivity contribution in [1.82, 2.24) is 19.7 Å². The summed E-state index contributed by atoms with van der Waals surface area (Å²) in [5.74, 6) is 0.535. The van der Waals surface area contributed by atoms with Crippen LogP contribution in [0, 0.1) is 5.82 Å². The van der Waals surface area contributed by atoms with Crippen LogP contribution in [0.4, 0.5) is 10.2 Å². The molecule has 1 fully saturated rings. The van der Waals surface area contributed by atoms with E-state index in [4.69, 9.17) is 4.74 Å². The topological polar surface area (TPSA) is 80.6 Å². The van der Waals surface area contributed by atoms with Gasteiger partial charge in [0.05, 0.1) is 12.8 Å². The minimum atomic E-state index is -0.519. The number of carbonyl (C=O) groups excluding carboxylic acids is 1. The van der Waals surface area contributed by atoms with Crippen molar-refractivity contribution >= 4 is 11.7 Å². The fourth-order valence-corrected chi connectivity index (χ4v) is 3.49. The molecule has 9 heteroatoms. The van der Waals surface area contributed by atoms with Gasteiger partial charge in [0.1, 0.15) is 23.9 Å². The first-order valence-electron chi connectivity index (χ1n) is 9.91. The molecular weight excluding hydrogens is 401 g/mol. The second-order valence-corrected chi connectivity index (χ2v) is 7.12. The number of anilines is 1. The fraction of sp³-hybridized carbons (Fsp3) is 0.273. The second kappa shape index (κ2) is 8.95. The molecule has 0 atom stereocenters. The molecular formula is C22H22FN5O3. The highest BCUT2D eigenvalue weighted by Crippen LogP contribution is 2.24. The van der Waals surface area contributed by atoms with E-state index in [0.717, 1.165) is 10.5 Å². The van der Waals surface area contributed by atoms with Crippen LogP contribution in [0.3, 0.4) is 0 Å². The van der Waals surface area contributed by atoms with E-state index in [9.17, 15) is 14.0 Å². The number of halogens is 1. The van der Waals surface area contributed by atoms with Crippen molar-refractivity contribution in [3.63, 3.8) is 0 Å². The van der Waals surface area contributed by atoms with Gasteiger partial charge in [-0.1, -0.05) is 6.07 Å². The number of hydrogen-bond acceptors (Lipinski definition) is 6. The number of nitrogens with zero attached hydrogens (tertiary/aromatic N) is 5. The molecule has 0 radical (unpaired) electrons. The van der Waals surface area contributed by atoms with Gasteiger partial charge in [-0.05, 0) is 30.3 Å². The Morgan fingerprint density at radius 1 is 1.10 bits per heavy atom. The van der Waals surface area contributed by atoms with E-state index in [1.54, 1.807) is 17.2 Å². The lowest BCUT2D eigenvalue weighted by atomic mass is 10.1. The first-order chi connectivity index (χ1) is 15.0. The Hall–Kier alpha value is -3.75. The van der Waals surface area contributed by atoms with E-state index in [2.05, 4.69) is 15.0 Å². The standard InChI is InChI=1S/C22H22FN5O3/c1-31-16-5-6-17(18(23)14-16)19-7-8-21(29)28(25-19)15-22(30)27-12-10-26(11-13-27)20-4-2-3-9-24-20/h2-9,14H,10-13,15H2,1H3. The summed E-state index contributed by atoms with van der Waals surface area (Å²) < 4.78 is 20.5. The molecule has 0 unspecified atom stereocenters. The highest BCUT2D eigenvalue weighted by molar-refractivity contribution is 5.76. The van der Waals surface area contributed by atoms with Crippen molar-refractivity contribution in [2.75, 3.05) is 38.2 Å². The number of piperazine rings is 1. The third kappa shape index (κ3) is 4.55. The molecule has 0 N–H and O–H groups in total. The van der Waals surface area contributed by atoms with Gasteiger partial charge in [0.15, 0.2) is 0 Å². The summed E-state index contributed by atoms with van der Waals surface area (Å²) in [5.41, 5.74) is 0.0802. The number of ether oxygens (including phenoxy) is 1. The molecule has 3 heterocycles. The number of rotatable bonds is 5. The summed E-state index contributed by atoms with van der Waals surface area (Å²) in [5, 5.41) is 4.21. The van der Waals surface area contributed by atoms with E-state index in [0.29, 0.717) is 31.9 Å². The third-order valence-electron chi connectivity index (χ3n) is 5.21. The highest BCUT2D eigenvalue weighted by atomic mass is 19.1. The number of carbonyl (C=O) groups is 1. The lowest BCUT2D eigenvalue weighted by Gasteiger charge is -2.35. The second-order valence-electron chi connectivity index (χ2n) is 7.12. The van der Waals surface area contributed by atoms with Crippen LogP contribution >= 0.6 is 0 Å². The number of pyridine rings is 1. The zero-order valence-corrected chi connectivity index (χ0v) is 17.1. The van der Waals surface area contributed by atoms with Crippen LogP contribution in [0.1, 0.15) is 0 Å². The molecule has 1 saturated heterocycles. The highest BCUT2D eigenvalue weighted by Gasteiger charge is 2.22. The Balaban J connectivity index is 1.45. The number of benzene rings is 1. The largest absolute Gasteiger partial charge is 0.497 e. The molecule has 1 aliphatic heterocycles. The number of amides is 1. The van der Waals surface area contributed by atoms with Crippen LogP contribution < -0.4 is 15.2 Å². The maximum absolute atomic E-state index is 14.4. The minimum Gasteiger partial charge on any atom is -0.497 e. The molecule has 1 aromatic carbocycles. The normalized spacial score (nSPS) is 13.9. The molecule has 31 heavy (non-hydrogen) atoms. The molecule has 1 amide bonds. The molecule has 0 bridgehead atoms. The Labute approximate surface area is 178 Å². The minimum absolute atomic E-state index is 0.200. The summed E-state index contributed by atoms with van der Waals surface area (Å²) >= 11 is 0.